The summed E-state index contributed by atoms with van der Waals surface area (Å²) < 4.78 is 4.95. The molecule has 0 aliphatic heterocycles. The van der Waals surface area contributed by atoms with Crippen LogP contribution in [0.15, 0.2) is 18.2 Å². The molecule has 0 aromatic heterocycles. The van der Waals surface area contributed by atoms with Crippen LogP contribution in [-0.2, 0) is 0 Å². The van der Waals surface area contributed by atoms with E-state index in [4.69, 9.17) is 22.7 Å². The van der Waals surface area contributed by atoms with Gasteiger partial charge in [-0.1, -0.05) is 12.2 Å². The Kier molecular flexibility index (Phi) is 2.98. The molecule has 2 N–H and O–H groups in total. The lowest BCUT2D eigenvalue weighted by molar-refractivity contribution is -0.384. The molecule has 0 aliphatic rings. The van der Waals surface area contributed by atoms with Crippen molar-refractivity contribution in [3.8, 4) is 5.75 Å². The number of hydrogen-bond donors (Lipinski definition) is 1. The van der Waals surface area contributed by atoms with E-state index in [1.165, 1.54) is 25.3 Å². The third kappa shape index (κ3) is 1.97. The normalized spacial score (nSPS) is 9.50. The van der Waals surface area contributed by atoms with Crippen molar-refractivity contribution >= 4 is 22.9 Å². The number of ether oxygens (including phenoxy) is 1. The number of non-ortho nitro benzene ring substituents is 1. The van der Waals surface area contributed by atoms with E-state index in [9.17, 15) is 10.1 Å². The molecule has 14 heavy (non-hydrogen) atoms. The maximum Gasteiger partial charge on any atom is 0.270 e. The van der Waals surface area contributed by atoms with E-state index in [0.29, 0.717) is 11.3 Å². The first-order valence-corrected chi connectivity index (χ1v) is 4.09. The summed E-state index contributed by atoms with van der Waals surface area (Å²) in [5.74, 6) is 0.433. The molecule has 5 nitrogen and oxygen atoms in total. The molecule has 1 rings (SSSR count). The average molecular weight is 212 g/mol. The number of nitrogens with two attached hydrogens (primary N) is 1. The topological polar surface area (TPSA) is 78.4 Å². The van der Waals surface area contributed by atoms with Crippen molar-refractivity contribution in [3.63, 3.8) is 0 Å². The molecule has 0 radical (unpaired) electrons. The highest BCUT2D eigenvalue weighted by Gasteiger charge is 2.12. The summed E-state index contributed by atoms with van der Waals surface area (Å²) in [5, 5.41) is 10.5. The molecule has 0 spiro atoms. The van der Waals surface area contributed by atoms with Crippen LogP contribution in [0.1, 0.15) is 5.56 Å². The van der Waals surface area contributed by atoms with Gasteiger partial charge in [-0.3, -0.25) is 10.1 Å². The Morgan fingerprint density at radius 1 is 1.64 bits per heavy atom. The van der Waals surface area contributed by atoms with E-state index in [0.717, 1.165) is 0 Å². The Morgan fingerprint density at radius 3 is 2.71 bits per heavy atom. The summed E-state index contributed by atoms with van der Waals surface area (Å²) in [7, 11) is 1.45. The molecule has 0 aliphatic carbocycles. The highest BCUT2D eigenvalue weighted by atomic mass is 32.1. The minimum atomic E-state index is -0.513. The van der Waals surface area contributed by atoms with Crippen LogP contribution in [0, 0.1) is 10.1 Å². The second-order valence-corrected chi connectivity index (χ2v) is 2.95. The Hall–Kier alpha value is -1.69. The predicted octanol–water partition coefficient (Wildman–Crippen LogP) is 1.24. The molecule has 0 saturated heterocycles. The number of nitrogens with zero attached hydrogens (tertiary/aromatic N) is 1. The number of nitro groups is 1. The molecule has 0 unspecified atom stereocenters. The number of rotatable bonds is 3. The Morgan fingerprint density at radius 2 is 2.29 bits per heavy atom. The van der Waals surface area contributed by atoms with Gasteiger partial charge in [0.25, 0.3) is 5.69 Å². The fraction of sp³-hybridized carbons (Fsp3) is 0.125. The Bertz CT molecular complexity index is 392. The fourth-order valence-corrected chi connectivity index (χ4v) is 1.16. The summed E-state index contributed by atoms with van der Waals surface area (Å²) in [5.41, 5.74) is 5.70. The summed E-state index contributed by atoms with van der Waals surface area (Å²) in [6.07, 6.45) is 0. The number of methoxy groups -OCH3 is 1. The number of benzene rings is 1. The average Bonchev–Trinajstić information content (AvgIpc) is 2.16. The van der Waals surface area contributed by atoms with E-state index in [1.807, 2.05) is 0 Å². The first-order valence-electron chi connectivity index (χ1n) is 3.68. The number of hydrogen-bond acceptors (Lipinski definition) is 4. The summed E-state index contributed by atoms with van der Waals surface area (Å²) >= 11 is 4.74. The zero-order valence-electron chi connectivity index (χ0n) is 7.39. The lowest BCUT2D eigenvalue weighted by Gasteiger charge is -2.05. The highest BCUT2D eigenvalue weighted by molar-refractivity contribution is 7.80. The smallest absolute Gasteiger partial charge is 0.270 e. The van der Waals surface area contributed by atoms with Gasteiger partial charge in [0, 0.05) is 12.1 Å². The van der Waals surface area contributed by atoms with E-state index >= 15 is 0 Å². The van der Waals surface area contributed by atoms with Gasteiger partial charge in [-0.25, -0.2) is 0 Å². The van der Waals surface area contributed by atoms with Crippen molar-refractivity contribution in [2.75, 3.05) is 7.11 Å². The molecule has 0 saturated carbocycles. The fourth-order valence-electron chi connectivity index (χ4n) is 1.00. The minimum absolute atomic E-state index is 0.0615. The van der Waals surface area contributed by atoms with E-state index in [2.05, 4.69) is 0 Å². The standard InChI is InChI=1S/C8H8N2O3S/c1-13-7-3-2-5(10(11)12)4-6(7)8(9)14/h2-4H,1H3,(H2,9,14). The molecule has 0 atom stereocenters. The quantitative estimate of drug-likeness (QED) is 0.463. The van der Waals surface area contributed by atoms with E-state index in [1.54, 1.807) is 0 Å². The van der Waals surface area contributed by atoms with Gasteiger partial charge in [-0.15, -0.1) is 0 Å². The molecule has 0 heterocycles. The monoisotopic (exact) mass is 212 g/mol. The first kappa shape index (κ1) is 10.4. The van der Waals surface area contributed by atoms with Crippen molar-refractivity contribution < 1.29 is 9.66 Å². The Balaban J connectivity index is 3.27. The molecule has 0 bridgehead atoms. The highest BCUT2D eigenvalue weighted by Crippen LogP contribution is 2.23. The third-order valence-corrected chi connectivity index (χ3v) is 1.88. The van der Waals surface area contributed by atoms with Crippen LogP contribution in [0.2, 0.25) is 0 Å². The molecule has 0 amide bonds. The van der Waals surface area contributed by atoms with Crippen LogP contribution >= 0.6 is 12.2 Å². The molecule has 6 heteroatoms. The summed E-state index contributed by atoms with van der Waals surface area (Å²) in [4.78, 5) is 10.0. The Labute approximate surface area is 85.6 Å². The van der Waals surface area contributed by atoms with Gasteiger partial charge in [-0.2, -0.15) is 0 Å². The molecule has 74 valence electrons. The van der Waals surface area contributed by atoms with Gasteiger partial charge in [-0.05, 0) is 6.07 Å². The maximum atomic E-state index is 10.5. The predicted molar refractivity (Wildman–Crippen MR) is 55.5 cm³/mol. The molecule has 1 aromatic rings. The van der Waals surface area contributed by atoms with Crippen molar-refractivity contribution in [1.29, 1.82) is 0 Å². The zero-order chi connectivity index (χ0) is 10.7. The van der Waals surface area contributed by atoms with Gasteiger partial charge >= 0.3 is 0 Å². The number of thiocarbonyl (C=S) groups is 1. The van der Waals surface area contributed by atoms with Gasteiger partial charge in [0.1, 0.15) is 10.7 Å². The van der Waals surface area contributed by atoms with Crippen molar-refractivity contribution in [2.24, 2.45) is 5.73 Å². The second-order valence-electron chi connectivity index (χ2n) is 2.51. The van der Waals surface area contributed by atoms with Crippen molar-refractivity contribution in [2.45, 2.75) is 0 Å². The first-order chi connectivity index (χ1) is 6.56. The minimum Gasteiger partial charge on any atom is -0.496 e. The third-order valence-electron chi connectivity index (χ3n) is 1.66. The lowest BCUT2D eigenvalue weighted by atomic mass is 10.2. The zero-order valence-corrected chi connectivity index (χ0v) is 8.21. The summed E-state index contributed by atoms with van der Waals surface area (Å²) in [6, 6.07) is 4.09. The van der Waals surface area contributed by atoms with E-state index in [-0.39, 0.29) is 10.7 Å². The van der Waals surface area contributed by atoms with Crippen LogP contribution in [0.4, 0.5) is 5.69 Å². The van der Waals surface area contributed by atoms with Crippen LogP contribution in [0.25, 0.3) is 0 Å². The van der Waals surface area contributed by atoms with Crippen LogP contribution in [-0.4, -0.2) is 17.0 Å². The van der Waals surface area contributed by atoms with Crippen LogP contribution < -0.4 is 10.5 Å². The number of nitro benzene ring substituents is 1. The largest absolute Gasteiger partial charge is 0.496 e. The SMILES string of the molecule is COc1ccc([N+](=O)[O-])cc1C(N)=S. The molecular weight excluding hydrogens is 204 g/mol. The van der Waals surface area contributed by atoms with Gasteiger partial charge < -0.3 is 10.5 Å². The maximum absolute atomic E-state index is 10.5. The van der Waals surface area contributed by atoms with Gasteiger partial charge in [0.05, 0.1) is 17.6 Å². The van der Waals surface area contributed by atoms with E-state index < -0.39 is 4.92 Å². The second kappa shape index (κ2) is 4.01. The van der Waals surface area contributed by atoms with Crippen LogP contribution in [0.3, 0.4) is 0 Å². The van der Waals surface area contributed by atoms with Crippen LogP contribution in [0.5, 0.6) is 5.75 Å². The van der Waals surface area contributed by atoms with Gasteiger partial charge in [0.15, 0.2) is 0 Å². The molecular formula is C8H8N2O3S. The lowest BCUT2D eigenvalue weighted by Crippen LogP contribution is -2.11. The molecule has 1 aromatic carbocycles. The molecule has 0 fully saturated rings. The van der Waals surface area contributed by atoms with Crippen molar-refractivity contribution in [3.05, 3.63) is 33.9 Å². The summed E-state index contributed by atoms with van der Waals surface area (Å²) in [6.45, 7) is 0. The van der Waals surface area contributed by atoms with Crippen molar-refractivity contribution in [1.82, 2.24) is 0 Å². The van der Waals surface area contributed by atoms with Gasteiger partial charge in [0.2, 0.25) is 0 Å².